The lowest BCUT2D eigenvalue weighted by molar-refractivity contribution is 0.289. The van der Waals surface area contributed by atoms with Crippen LogP contribution in [0.15, 0.2) is 66.3 Å². The summed E-state index contributed by atoms with van der Waals surface area (Å²) >= 11 is 13.8. The predicted octanol–water partition coefficient (Wildman–Crippen LogP) is 5.64. The first-order chi connectivity index (χ1) is 12.7. The molecule has 2 aromatic carbocycles. The molecule has 1 heterocycles. The van der Waals surface area contributed by atoms with Gasteiger partial charge in [-0.25, -0.2) is 0 Å². The number of ether oxygens (including phenoxy) is 1. The van der Waals surface area contributed by atoms with Crippen molar-refractivity contribution < 1.29 is 4.74 Å². The molecule has 4 nitrogen and oxygen atoms in total. The van der Waals surface area contributed by atoms with Gasteiger partial charge in [0.1, 0.15) is 12.4 Å². The molecule has 0 fully saturated rings. The van der Waals surface area contributed by atoms with Crippen LogP contribution < -0.4 is 4.74 Å². The van der Waals surface area contributed by atoms with Gasteiger partial charge in [0.25, 0.3) is 0 Å². The SMILES string of the molecule is C=CCn1c(COc2ccccc2Cl)nnc1SCc1cccc(Cl)c1. The van der Waals surface area contributed by atoms with E-state index in [2.05, 4.69) is 16.8 Å². The zero-order valence-electron chi connectivity index (χ0n) is 13.9. The van der Waals surface area contributed by atoms with E-state index in [9.17, 15) is 0 Å². The summed E-state index contributed by atoms with van der Waals surface area (Å²) in [5, 5.41) is 10.7. The van der Waals surface area contributed by atoms with Crippen LogP contribution in [-0.4, -0.2) is 14.8 Å². The highest BCUT2D eigenvalue weighted by Gasteiger charge is 2.13. The smallest absolute Gasteiger partial charge is 0.191 e. The van der Waals surface area contributed by atoms with Crippen LogP contribution in [0.2, 0.25) is 10.0 Å². The van der Waals surface area contributed by atoms with Crippen molar-refractivity contribution in [3.8, 4) is 5.75 Å². The molecule has 0 amide bonds. The van der Waals surface area contributed by atoms with Crippen LogP contribution in [0.5, 0.6) is 5.75 Å². The van der Waals surface area contributed by atoms with E-state index >= 15 is 0 Å². The molecule has 3 aromatic rings. The molecule has 0 saturated heterocycles. The maximum Gasteiger partial charge on any atom is 0.191 e. The van der Waals surface area contributed by atoms with Crippen LogP contribution in [0.1, 0.15) is 11.4 Å². The normalized spacial score (nSPS) is 10.7. The van der Waals surface area contributed by atoms with E-state index in [1.165, 1.54) is 0 Å². The molecule has 0 bridgehead atoms. The van der Waals surface area contributed by atoms with E-state index in [0.29, 0.717) is 17.3 Å². The lowest BCUT2D eigenvalue weighted by Gasteiger charge is -2.10. The summed E-state index contributed by atoms with van der Waals surface area (Å²) in [7, 11) is 0. The van der Waals surface area contributed by atoms with E-state index in [1.54, 1.807) is 17.8 Å². The summed E-state index contributed by atoms with van der Waals surface area (Å²) in [5.74, 6) is 2.09. The molecule has 0 aliphatic heterocycles. The fraction of sp³-hybridized carbons (Fsp3) is 0.158. The molecule has 0 aliphatic carbocycles. The minimum atomic E-state index is 0.280. The number of rotatable bonds is 8. The molecule has 0 atom stereocenters. The topological polar surface area (TPSA) is 39.9 Å². The van der Waals surface area contributed by atoms with Crippen LogP contribution in [0, 0.1) is 0 Å². The molecular weight excluding hydrogens is 389 g/mol. The second kappa shape index (κ2) is 9.12. The van der Waals surface area contributed by atoms with Crippen molar-refractivity contribution in [2.45, 2.75) is 24.1 Å². The average Bonchev–Trinajstić information content (AvgIpc) is 3.02. The Morgan fingerprint density at radius 1 is 1.12 bits per heavy atom. The standard InChI is InChI=1S/C19H17Cl2N3OS/c1-2-10-24-18(12-25-17-9-4-3-8-16(17)21)22-23-19(24)26-13-14-6-5-7-15(20)11-14/h2-9,11H,1,10,12-13H2. The van der Waals surface area contributed by atoms with Gasteiger partial charge in [-0.1, -0.05) is 65.3 Å². The number of hydrogen-bond acceptors (Lipinski definition) is 4. The average molecular weight is 406 g/mol. The highest BCUT2D eigenvalue weighted by molar-refractivity contribution is 7.98. The third kappa shape index (κ3) is 4.81. The largest absolute Gasteiger partial charge is 0.484 e. The summed E-state index contributed by atoms with van der Waals surface area (Å²) in [4.78, 5) is 0. The molecule has 0 unspecified atom stereocenters. The molecule has 0 radical (unpaired) electrons. The molecular formula is C19H17Cl2N3OS. The maximum absolute atomic E-state index is 6.13. The maximum atomic E-state index is 6.13. The number of halogens is 2. The van der Waals surface area contributed by atoms with E-state index < -0.39 is 0 Å². The Bertz CT molecular complexity index is 898. The first-order valence-electron chi connectivity index (χ1n) is 7.95. The lowest BCUT2D eigenvalue weighted by atomic mass is 10.2. The zero-order valence-corrected chi connectivity index (χ0v) is 16.3. The Balaban J connectivity index is 1.71. The van der Waals surface area contributed by atoms with Gasteiger partial charge in [-0.3, -0.25) is 4.57 Å². The van der Waals surface area contributed by atoms with Crippen LogP contribution >= 0.6 is 35.0 Å². The van der Waals surface area contributed by atoms with E-state index in [1.807, 2.05) is 53.1 Å². The Labute approximate surface area is 166 Å². The third-order valence-corrected chi connectivity index (χ3v) is 5.14. The third-order valence-electron chi connectivity index (χ3n) is 3.56. The fourth-order valence-electron chi connectivity index (χ4n) is 2.32. The lowest BCUT2D eigenvalue weighted by Crippen LogP contribution is -2.07. The Hall–Kier alpha value is -1.95. The van der Waals surface area contributed by atoms with Crippen LogP contribution in [0.3, 0.4) is 0 Å². The Kier molecular flexibility index (Phi) is 6.61. The molecule has 0 aliphatic rings. The van der Waals surface area contributed by atoms with Gasteiger partial charge in [0.2, 0.25) is 0 Å². The number of allylic oxidation sites excluding steroid dienone is 1. The second-order valence-corrected chi connectivity index (χ2v) is 7.22. The van der Waals surface area contributed by atoms with Gasteiger partial charge in [-0.15, -0.1) is 16.8 Å². The van der Waals surface area contributed by atoms with Crippen LogP contribution in [0.25, 0.3) is 0 Å². The first-order valence-corrected chi connectivity index (χ1v) is 9.69. The minimum absolute atomic E-state index is 0.280. The van der Waals surface area contributed by atoms with Gasteiger partial charge in [-0.2, -0.15) is 0 Å². The number of para-hydroxylation sites is 1. The van der Waals surface area contributed by atoms with Crippen LogP contribution in [-0.2, 0) is 18.9 Å². The highest BCUT2D eigenvalue weighted by Crippen LogP contribution is 2.26. The Morgan fingerprint density at radius 3 is 2.73 bits per heavy atom. The van der Waals surface area contributed by atoms with Gasteiger partial charge >= 0.3 is 0 Å². The van der Waals surface area contributed by atoms with Crippen molar-refractivity contribution in [2.75, 3.05) is 0 Å². The molecule has 0 saturated carbocycles. The summed E-state index contributed by atoms with van der Waals surface area (Å²) in [6.07, 6.45) is 1.81. The van der Waals surface area contributed by atoms with Gasteiger partial charge in [0, 0.05) is 17.3 Å². The number of nitrogens with zero attached hydrogens (tertiary/aromatic N) is 3. The van der Waals surface area contributed by atoms with Gasteiger partial charge in [0.15, 0.2) is 11.0 Å². The number of hydrogen-bond donors (Lipinski definition) is 0. The van der Waals surface area contributed by atoms with Gasteiger partial charge in [0.05, 0.1) is 5.02 Å². The number of thioether (sulfide) groups is 1. The molecule has 26 heavy (non-hydrogen) atoms. The summed E-state index contributed by atoms with van der Waals surface area (Å²) in [6, 6.07) is 15.1. The number of aromatic nitrogens is 3. The summed E-state index contributed by atoms with van der Waals surface area (Å²) in [5.41, 5.74) is 1.13. The molecule has 3 rings (SSSR count). The summed E-state index contributed by atoms with van der Waals surface area (Å²) < 4.78 is 7.77. The summed E-state index contributed by atoms with van der Waals surface area (Å²) in [6.45, 7) is 4.70. The predicted molar refractivity (Wildman–Crippen MR) is 107 cm³/mol. The van der Waals surface area contributed by atoms with E-state index in [4.69, 9.17) is 27.9 Å². The number of benzene rings is 2. The monoisotopic (exact) mass is 405 g/mol. The zero-order chi connectivity index (χ0) is 18.4. The van der Waals surface area contributed by atoms with Crippen molar-refractivity contribution in [2.24, 2.45) is 0 Å². The molecule has 7 heteroatoms. The van der Waals surface area contributed by atoms with Crippen LogP contribution in [0.4, 0.5) is 0 Å². The van der Waals surface area contributed by atoms with E-state index in [0.717, 1.165) is 27.3 Å². The first kappa shape index (κ1) is 18.8. The molecule has 134 valence electrons. The molecule has 1 aromatic heterocycles. The highest BCUT2D eigenvalue weighted by atomic mass is 35.5. The van der Waals surface area contributed by atoms with Gasteiger partial charge in [-0.05, 0) is 29.8 Å². The Morgan fingerprint density at radius 2 is 1.96 bits per heavy atom. The van der Waals surface area contributed by atoms with Crippen molar-refractivity contribution in [3.05, 3.63) is 82.6 Å². The molecule has 0 spiro atoms. The van der Waals surface area contributed by atoms with Crippen molar-refractivity contribution >= 4 is 35.0 Å². The second-order valence-electron chi connectivity index (χ2n) is 5.44. The van der Waals surface area contributed by atoms with Gasteiger partial charge < -0.3 is 4.74 Å². The van der Waals surface area contributed by atoms with Crippen molar-refractivity contribution in [1.82, 2.24) is 14.8 Å². The fourth-order valence-corrected chi connectivity index (χ4v) is 3.64. The van der Waals surface area contributed by atoms with Crippen molar-refractivity contribution in [3.63, 3.8) is 0 Å². The molecule has 0 N–H and O–H groups in total. The van der Waals surface area contributed by atoms with Crippen molar-refractivity contribution in [1.29, 1.82) is 0 Å². The minimum Gasteiger partial charge on any atom is -0.484 e. The van der Waals surface area contributed by atoms with E-state index in [-0.39, 0.29) is 6.61 Å². The quantitative estimate of drug-likeness (QED) is 0.358.